The molecule has 0 saturated heterocycles. The second-order valence-electron chi connectivity index (χ2n) is 5.83. The van der Waals surface area contributed by atoms with Crippen LogP contribution < -0.4 is 0 Å². The van der Waals surface area contributed by atoms with Crippen LogP contribution in [0.3, 0.4) is 0 Å². The summed E-state index contributed by atoms with van der Waals surface area (Å²) < 4.78 is 33.2. The highest BCUT2D eigenvalue weighted by atomic mass is 32.2. The Morgan fingerprint density at radius 2 is 1.62 bits per heavy atom. The molecule has 0 fully saturated rings. The highest BCUT2D eigenvalue weighted by Gasteiger charge is 2.10. The molecule has 1 atom stereocenters. The van der Waals surface area contributed by atoms with Crippen LogP contribution in [-0.2, 0) is 16.3 Å². The minimum absolute atomic E-state index is 0.0224. The van der Waals surface area contributed by atoms with Crippen molar-refractivity contribution in [3.05, 3.63) is 71.8 Å². The molecule has 0 aliphatic rings. The van der Waals surface area contributed by atoms with Gasteiger partial charge in [-0.05, 0) is 36.0 Å². The SMILES string of the molecule is [2H]C([2H])(CCC(SCc1ccccc1)C([2H])([2H])CSCc1ccccc1)CC(=O)O. The number of rotatable bonds is 13. The average molecular weight is 393 g/mol. The highest BCUT2D eigenvalue weighted by molar-refractivity contribution is 7.99. The number of hydrogen-bond donors (Lipinski definition) is 1. The maximum Gasteiger partial charge on any atom is 0.303 e. The van der Waals surface area contributed by atoms with Gasteiger partial charge in [0.2, 0.25) is 0 Å². The van der Waals surface area contributed by atoms with Crippen molar-refractivity contribution >= 4 is 29.5 Å². The van der Waals surface area contributed by atoms with E-state index in [1.807, 2.05) is 60.7 Å². The van der Waals surface area contributed by atoms with Crippen LogP contribution in [0.25, 0.3) is 0 Å². The van der Waals surface area contributed by atoms with E-state index in [0.717, 1.165) is 16.9 Å². The molecule has 0 aromatic heterocycles. The Morgan fingerprint density at radius 3 is 2.23 bits per heavy atom. The highest BCUT2D eigenvalue weighted by Crippen LogP contribution is 2.27. The summed E-state index contributed by atoms with van der Waals surface area (Å²) in [5, 5.41) is 8.50. The van der Waals surface area contributed by atoms with Crippen molar-refractivity contribution in [2.75, 3.05) is 5.75 Å². The van der Waals surface area contributed by atoms with E-state index in [1.54, 1.807) is 0 Å². The third-order valence-corrected chi connectivity index (χ3v) is 5.89. The molecular formula is C22H28O2S2. The number of benzene rings is 2. The van der Waals surface area contributed by atoms with Crippen molar-refractivity contribution in [1.82, 2.24) is 0 Å². The Bertz CT molecular complexity index is 773. The van der Waals surface area contributed by atoms with Crippen molar-refractivity contribution < 1.29 is 15.4 Å². The molecule has 2 rings (SSSR count). The van der Waals surface area contributed by atoms with Crippen LogP contribution in [-0.4, -0.2) is 22.1 Å². The Labute approximate surface area is 171 Å². The molecule has 1 unspecified atom stereocenters. The molecule has 140 valence electrons. The predicted octanol–water partition coefficient (Wildman–Crippen LogP) is 6.26. The summed E-state index contributed by atoms with van der Waals surface area (Å²) in [6, 6.07) is 19.7. The van der Waals surface area contributed by atoms with E-state index in [0.29, 0.717) is 11.5 Å². The van der Waals surface area contributed by atoms with Gasteiger partial charge in [0, 0.05) is 28.7 Å². The number of thioether (sulfide) groups is 2. The first-order valence-corrected chi connectivity index (χ1v) is 10.9. The molecule has 0 aliphatic heterocycles. The fourth-order valence-electron chi connectivity index (χ4n) is 2.34. The number of hydrogen-bond acceptors (Lipinski definition) is 3. The van der Waals surface area contributed by atoms with Gasteiger partial charge in [0.25, 0.3) is 0 Å². The topological polar surface area (TPSA) is 37.3 Å². The van der Waals surface area contributed by atoms with Crippen molar-refractivity contribution in [2.24, 2.45) is 0 Å². The minimum Gasteiger partial charge on any atom is -0.481 e. The summed E-state index contributed by atoms with van der Waals surface area (Å²) in [4.78, 5) is 10.9. The zero-order valence-corrected chi connectivity index (χ0v) is 16.4. The van der Waals surface area contributed by atoms with E-state index >= 15 is 0 Å². The molecule has 0 heterocycles. The lowest BCUT2D eigenvalue weighted by molar-refractivity contribution is -0.137. The Balaban J connectivity index is 2.00. The first-order chi connectivity index (χ1) is 14.2. The summed E-state index contributed by atoms with van der Waals surface area (Å²) in [7, 11) is 0. The predicted molar refractivity (Wildman–Crippen MR) is 115 cm³/mol. The fraction of sp³-hybridized carbons (Fsp3) is 0.409. The van der Waals surface area contributed by atoms with Crippen molar-refractivity contribution in [1.29, 1.82) is 0 Å². The average Bonchev–Trinajstić information content (AvgIpc) is 2.68. The number of carboxylic acids is 1. The number of carboxylic acid groups (broad SMARTS) is 1. The van der Waals surface area contributed by atoms with E-state index in [9.17, 15) is 4.79 Å². The van der Waals surface area contributed by atoms with Gasteiger partial charge in [0.15, 0.2) is 0 Å². The van der Waals surface area contributed by atoms with Gasteiger partial charge < -0.3 is 5.11 Å². The molecule has 0 spiro atoms. The third kappa shape index (κ3) is 9.35. The van der Waals surface area contributed by atoms with Crippen LogP contribution in [0.1, 0.15) is 48.6 Å². The normalized spacial score (nSPS) is 15.4. The molecule has 2 aromatic rings. The third-order valence-electron chi connectivity index (χ3n) is 3.68. The fourth-order valence-corrected chi connectivity index (χ4v) is 4.37. The smallest absolute Gasteiger partial charge is 0.303 e. The van der Waals surface area contributed by atoms with Gasteiger partial charge in [-0.1, -0.05) is 67.1 Å². The van der Waals surface area contributed by atoms with E-state index in [-0.39, 0.29) is 12.8 Å². The lowest BCUT2D eigenvalue weighted by Gasteiger charge is -2.16. The molecular weight excluding hydrogens is 360 g/mol. The van der Waals surface area contributed by atoms with Gasteiger partial charge in [0.1, 0.15) is 0 Å². The van der Waals surface area contributed by atoms with Crippen LogP contribution in [0, 0.1) is 0 Å². The van der Waals surface area contributed by atoms with Crippen LogP contribution in [0.5, 0.6) is 0 Å². The van der Waals surface area contributed by atoms with Gasteiger partial charge in [-0.2, -0.15) is 23.5 Å². The van der Waals surface area contributed by atoms with Gasteiger partial charge >= 0.3 is 5.97 Å². The second-order valence-corrected chi connectivity index (χ2v) is 8.00. The van der Waals surface area contributed by atoms with E-state index < -0.39 is 30.4 Å². The van der Waals surface area contributed by atoms with Gasteiger partial charge in [-0.15, -0.1) is 0 Å². The molecule has 4 heteroatoms. The van der Waals surface area contributed by atoms with Crippen LogP contribution in [0.15, 0.2) is 60.7 Å². The van der Waals surface area contributed by atoms with Crippen molar-refractivity contribution in [2.45, 2.75) is 48.8 Å². The van der Waals surface area contributed by atoms with E-state index in [4.69, 9.17) is 10.6 Å². The summed E-state index contributed by atoms with van der Waals surface area (Å²) in [6.07, 6.45) is -3.59. The number of aliphatic carboxylic acids is 1. The molecule has 0 bridgehead atoms. The molecule has 0 amide bonds. The summed E-state index contributed by atoms with van der Waals surface area (Å²) in [6.45, 7) is 0. The largest absolute Gasteiger partial charge is 0.481 e. The van der Waals surface area contributed by atoms with Crippen LogP contribution >= 0.6 is 23.5 Å². The van der Waals surface area contributed by atoms with Crippen molar-refractivity contribution in [3.63, 3.8) is 0 Å². The monoisotopic (exact) mass is 392 g/mol. The van der Waals surface area contributed by atoms with E-state index in [1.165, 1.54) is 23.5 Å². The van der Waals surface area contributed by atoms with Gasteiger partial charge in [-0.25, -0.2) is 0 Å². The van der Waals surface area contributed by atoms with Gasteiger partial charge in [0.05, 0.1) is 0 Å². The summed E-state index contributed by atoms with van der Waals surface area (Å²) in [5.74, 6) is 0.484. The molecule has 26 heavy (non-hydrogen) atoms. The summed E-state index contributed by atoms with van der Waals surface area (Å²) >= 11 is 3.02. The lowest BCUT2D eigenvalue weighted by atomic mass is 10.1. The first-order valence-electron chi connectivity index (χ1n) is 10.7. The number of carbonyl (C=O) groups is 1. The molecule has 1 N–H and O–H groups in total. The van der Waals surface area contributed by atoms with Crippen molar-refractivity contribution in [3.8, 4) is 0 Å². The van der Waals surface area contributed by atoms with Crippen LogP contribution in [0.2, 0.25) is 0 Å². The summed E-state index contributed by atoms with van der Waals surface area (Å²) in [5.41, 5.74) is 2.23. The quantitative estimate of drug-likeness (QED) is 0.437. The van der Waals surface area contributed by atoms with Gasteiger partial charge in [-0.3, -0.25) is 4.79 Å². The zero-order valence-electron chi connectivity index (χ0n) is 18.8. The molecule has 0 saturated carbocycles. The minimum atomic E-state index is -1.84. The zero-order chi connectivity index (χ0) is 22.0. The standard InChI is InChI=1S/C22H28O2S2/c23-22(24)14-8-7-13-21(26-18-20-11-5-2-6-12-20)15-16-25-17-19-9-3-1-4-10-19/h1-6,9-12,21H,7-8,13-18H2,(H,23,24)/i8D2,15D2. The first kappa shape index (κ1) is 15.6. The maximum atomic E-state index is 10.9. The maximum absolute atomic E-state index is 10.9. The molecule has 0 aliphatic carbocycles. The molecule has 0 radical (unpaired) electrons. The molecule has 2 aromatic carbocycles. The Hall–Kier alpha value is -1.39. The molecule has 2 nitrogen and oxygen atoms in total. The van der Waals surface area contributed by atoms with E-state index in [2.05, 4.69) is 0 Å². The Morgan fingerprint density at radius 1 is 1.00 bits per heavy atom. The Kier molecular flexibility index (Phi) is 7.75. The van der Waals surface area contributed by atoms with Crippen LogP contribution in [0.4, 0.5) is 0 Å². The lowest BCUT2D eigenvalue weighted by Crippen LogP contribution is -2.06. The second kappa shape index (κ2) is 12.9.